The van der Waals surface area contributed by atoms with Gasteiger partial charge in [0.2, 0.25) is 0 Å². The second kappa shape index (κ2) is 6.85. The summed E-state index contributed by atoms with van der Waals surface area (Å²) in [5, 5.41) is 0. The molecule has 114 valence electrons. The van der Waals surface area contributed by atoms with Crippen LogP contribution in [-0.2, 0) is 6.54 Å². The highest BCUT2D eigenvalue weighted by Gasteiger charge is 2.13. The van der Waals surface area contributed by atoms with E-state index in [1.165, 1.54) is 0 Å². The Morgan fingerprint density at radius 1 is 1.00 bits per heavy atom. The standard InChI is InChI=1S/C20H18N2O/c1-2-11-21-12-13-22(16-21)15-17-7-6-10-19(14-17)20(23)18-8-4-3-5-9-18/h1,3-10,12-14H,11,15-16H2. The third-order valence-corrected chi connectivity index (χ3v) is 3.76. The van der Waals surface area contributed by atoms with Crippen LogP contribution < -0.4 is 0 Å². The van der Waals surface area contributed by atoms with Crippen LogP contribution in [-0.4, -0.2) is 28.8 Å². The van der Waals surface area contributed by atoms with Gasteiger partial charge in [-0.15, -0.1) is 6.42 Å². The lowest BCUT2D eigenvalue weighted by atomic mass is 10.0. The van der Waals surface area contributed by atoms with E-state index in [2.05, 4.69) is 15.7 Å². The van der Waals surface area contributed by atoms with Crippen LogP contribution in [0.15, 0.2) is 67.0 Å². The summed E-state index contributed by atoms with van der Waals surface area (Å²) in [6.07, 6.45) is 9.36. The molecule has 0 N–H and O–H groups in total. The molecule has 0 saturated carbocycles. The molecule has 0 saturated heterocycles. The smallest absolute Gasteiger partial charge is 0.193 e. The lowest BCUT2D eigenvalue weighted by molar-refractivity contribution is 0.103. The van der Waals surface area contributed by atoms with Gasteiger partial charge < -0.3 is 9.80 Å². The van der Waals surface area contributed by atoms with Crippen LogP contribution in [0.5, 0.6) is 0 Å². The largest absolute Gasteiger partial charge is 0.354 e. The van der Waals surface area contributed by atoms with Crippen molar-refractivity contribution in [2.24, 2.45) is 0 Å². The van der Waals surface area contributed by atoms with E-state index in [9.17, 15) is 4.79 Å². The fraction of sp³-hybridized carbons (Fsp3) is 0.150. The third-order valence-electron chi connectivity index (χ3n) is 3.76. The lowest BCUT2D eigenvalue weighted by Gasteiger charge is -2.19. The Hall–Kier alpha value is -2.99. The minimum atomic E-state index is 0.0540. The van der Waals surface area contributed by atoms with E-state index in [1.54, 1.807) is 0 Å². The minimum absolute atomic E-state index is 0.0540. The second-order valence-electron chi connectivity index (χ2n) is 5.53. The summed E-state index contributed by atoms with van der Waals surface area (Å²) < 4.78 is 0. The van der Waals surface area contributed by atoms with Crippen molar-refractivity contribution in [1.82, 2.24) is 9.80 Å². The monoisotopic (exact) mass is 302 g/mol. The van der Waals surface area contributed by atoms with Crippen molar-refractivity contribution in [2.75, 3.05) is 13.2 Å². The summed E-state index contributed by atoms with van der Waals surface area (Å²) in [4.78, 5) is 16.8. The molecule has 0 aliphatic carbocycles. The van der Waals surface area contributed by atoms with Gasteiger partial charge in [0.05, 0.1) is 13.2 Å². The molecule has 3 rings (SSSR count). The zero-order valence-electron chi connectivity index (χ0n) is 12.9. The van der Waals surface area contributed by atoms with E-state index in [1.807, 2.05) is 67.0 Å². The number of rotatable bonds is 5. The molecule has 0 atom stereocenters. The summed E-state index contributed by atoms with van der Waals surface area (Å²) in [5.74, 6) is 2.69. The Balaban J connectivity index is 1.70. The molecular formula is C20H18N2O. The second-order valence-corrected chi connectivity index (χ2v) is 5.53. The van der Waals surface area contributed by atoms with Crippen molar-refractivity contribution in [1.29, 1.82) is 0 Å². The maximum atomic E-state index is 12.5. The summed E-state index contributed by atoms with van der Waals surface area (Å²) in [6.45, 7) is 2.15. The molecule has 0 bridgehead atoms. The number of nitrogens with zero attached hydrogens (tertiary/aromatic N) is 2. The molecule has 1 aliphatic rings. The normalized spacial score (nSPS) is 13.2. The number of benzene rings is 2. The topological polar surface area (TPSA) is 23.6 Å². The van der Waals surface area contributed by atoms with E-state index < -0.39 is 0 Å². The number of terminal acetylenes is 1. The van der Waals surface area contributed by atoms with Gasteiger partial charge in [0.1, 0.15) is 0 Å². The van der Waals surface area contributed by atoms with Crippen molar-refractivity contribution >= 4 is 5.78 Å². The predicted octanol–water partition coefficient (Wildman–Crippen LogP) is 3.10. The zero-order valence-corrected chi connectivity index (χ0v) is 12.9. The quantitative estimate of drug-likeness (QED) is 0.626. The number of carbonyl (C=O) groups is 1. The molecule has 0 amide bonds. The maximum Gasteiger partial charge on any atom is 0.193 e. The molecule has 0 fully saturated rings. The molecule has 3 nitrogen and oxygen atoms in total. The molecule has 0 unspecified atom stereocenters. The van der Waals surface area contributed by atoms with E-state index in [0.717, 1.165) is 24.3 Å². The highest BCUT2D eigenvalue weighted by Crippen LogP contribution is 2.15. The highest BCUT2D eigenvalue weighted by molar-refractivity contribution is 6.09. The van der Waals surface area contributed by atoms with E-state index in [-0.39, 0.29) is 5.78 Å². The van der Waals surface area contributed by atoms with Gasteiger partial charge in [-0.3, -0.25) is 4.79 Å². The first-order valence-electron chi connectivity index (χ1n) is 7.55. The van der Waals surface area contributed by atoms with Gasteiger partial charge in [-0.05, 0) is 11.6 Å². The van der Waals surface area contributed by atoms with Gasteiger partial charge in [-0.2, -0.15) is 0 Å². The molecule has 3 heteroatoms. The van der Waals surface area contributed by atoms with E-state index in [4.69, 9.17) is 6.42 Å². The minimum Gasteiger partial charge on any atom is -0.354 e. The van der Waals surface area contributed by atoms with Crippen molar-refractivity contribution in [3.8, 4) is 12.3 Å². The van der Waals surface area contributed by atoms with Crippen LogP contribution in [0.2, 0.25) is 0 Å². The van der Waals surface area contributed by atoms with Crippen molar-refractivity contribution in [2.45, 2.75) is 6.54 Å². The third kappa shape index (κ3) is 3.61. The molecule has 2 aromatic rings. The Kier molecular flexibility index (Phi) is 4.44. The van der Waals surface area contributed by atoms with Gasteiger partial charge in [-0.1, -0.05) is 54.5 Å². The fourth-order valence-corrected chi connectivity index (χ4v) is 2.64. The average molecular weight is 302 g/mol. The van der Waals surface area contributed by atoms with E-state index in [0.29, 0.717) is 12.1 Å². The average Bonchev–Trinajstić information content (AvgIpc) is 3.03. The molecule has 2 aromatic carbocycles. The Bertz CT molecular complexity index is 759. The van der Waals surface area contributed by atoms with Gasteiger partial charge >= 0.3 is 0 Å². The SMILES string of the molecule is C#CCN1C=CN(Cc2cccc(C(=O)c3ccccc3)c2)C1. The summed E-state index contributed by atoms with van der Waals surface area (Å²) in [6, 6.07) is 17.2. The molecule has 1 aliphatic heterocycles. The number of hydrogen-bond donors (Lipinski definition) is 0. The van der Waals surface area contributed by atoms with Gasteiger partial charge in [0.25, 0.3) is 0 Å². The van der Waals surface area contributed by atoms with Gasteiger partial charge in [0, 0.05) is 30.1 Å². The van der Waals surface area contributed by atoms with Crippen molar-refractivity contribution in [3.63, 3.8) is 0 Å². The van der Waals surface area contributed by atoms with Gasteiger partial charge in [-0.25, -0.2) is 0 Å². The Morgan fingerprint density at radius 2 is 1.74 bits per heavy atom. The molecule has 23 heavy (non-hydrogen) atoms. The fourth-order valence-electron chi connectivity index (χ4n) is 2.64. The lowest BCUT2D eigenvalue weighted by Crippen LogP contribution is -2.25. The molecule has 0 aromatic heterocycles. The van der Waals surface area contributed by atoms with Gasteiger partial charge in [0.15, 0.2) is 5.78 Å². The summed E-state index contributed by atoms with van der Waals surface area (Å²) >= 11 is 0. The van der Waals surface area contributed by atoms with Crippen molar-refractivity contribution < 1.29 is 4.79 Å². The molecular weight excluding hydrogens is 284 g/mol. The first-order valence-corrected chi connectivity index (χ1v) is 7.55. The Morgan fingerprint density at radius 3 is 2.52 bits per heavy atom. The summed E-state index contributed by atoms with van der Waals surface area (Å²) in [5.41, 5.74) is 2.54. The molecule has 0 spiro atoms. The number of hydrogen-bond acceptors (Lipinski definition) is 3. The molecule has 1 heterocycles. The zero-order chi connectivity index (χ0) is 16.1. The van der Waals surface area contributed by atoms with Crippen LogP contribution in [0, 0.1) is 12.3 Å². The summed E-state index contributed by atoms with van der Waals surface area (Å²) in [7, 11) is 0. The molecule has 0 radical (unpaired) electrons. The predicted molar refractivity (Wildman–Crippen MR) is 91.4 cm³/mol. The van der Waals surface area contributed by atoms with E-state index >= 15 is 0 Å². The number of ketones is 1. The first-order chi connectivity index (χ1) is 11.3. The van der Waals surface area contributed by atoms with Crippen LogP contribution in [0.25, 0.3) is 0 Å². The number of carbonyl (C=O) groups excluding carboxylic acids is 1. The van der Waals surface area contributed by atoms with Crippen LogP contribution in [0.1, 0.15) is 21.5 Å². The first kappa shape index (κ1) is 14.9. The van der Waals surface area contributed by atoms with Crippen LogP contribution >= 0.6 is 0 Å². The van der Waals surface area contributed by atoms with Crippen LogP contribution in [0.4, 0.5) is 0 Å². The maximum absolute atomic E-state index is 12.5. The highest BCUT2D eigenvalue weighted by atomic mass is 16.1. The Labute approximate surface area is 136 Å². The van der Waals surface area contributed by atoms with Crippen molar-refractivity contribution in [3.05, 3.63) is 83.7 Å². The van der Waals surface area contributed by atoms with Crippen LogP contribution in [0.3, 0.4) is 0 Å².